The summed E-state index contributed by atoms with van der Waals surface area (Å²) >= 11 is 5.94. The number of carbonyl (C=O) groups is 1. The zero-order valence-electron chi connectivity index (χ0n) is 13.8. The number of nitrogens with one attached hydrogen (secondary N) is 2. The van der Waals surface area contributed by atoms with Crippen LogP contribution in [0.25, 0.3) is 11.4 Å². The van der Waals surface area contributed by atoms with E-state index in [4.69, 9.17) is 11.6 Å². The van der Waals surface area contributed by atoms with E-state index in [0.29, 0.717) is 23.0 Å². The van der Waals surface area contributed by atoms with Gasteiger partial charge < -0.3 is 10.3 Å². The number of amides is 1. The quantitative estimate of drug-likeness (QED) is 0.693. The Morgan fingerprint density at radius 1 is 1.15 bits per heavy atom. The first-order chi connectivity index (χ1) is 12.6. The van der Waals surface area contributed by atoms with Crippen LogP contribution in [0.1, 0.15) is 17.8 Å². The van der Waals surface area contributed by atoms with Crippen LogP contribution in [0.4, 0.5) is 0 Å². The van der Waals surface area contributed by atoms with Crippen LogP contribution in [-0.4, -0.2) is 26.1 Å². The number of pyridine rings is 1. The van der Waals surface area contributed by atoms with Crippen molar-refractivity contribution >= 4 is 17.5 Å². The normalized spacial score (nSPS) is 10.5. The predicted molar refractivity (Wildman–Crippen MR) is 97.5 cm³/mol. The molecule has 0 aliphatic heterocycles. The Kier molecular flexibility index (Phi) is 5.70. The van der Waals surface area contributed by atoms with Crippen molar-refractivity contribution < 1.29 is 4.79 Å². The Balaban J connectivity index is 1.58. The third-order valence-electron chi connectivity index (χ3n) is 3.64. The molecule has 0 bridgehead atoms. The van der Waals surface area contributed by atoms with Gasteiger partial charge in [0.15, 0.2) is 5.82 Å². The third kappa shape index (κ3) is 4.73. The van der Waals surface area contributed by atoms with Crippen LogP contribution in [0, 0.1) is 0 Å². The highest BCUT2D eigenvalue weighted by molar-refractivity contribution is 6.30. The summed E-state index contributed by atoms with van der Waals surface area (Å²) in [6.07, 6.45) is 2.01. The molecular formula is C18H16ClN5O2. The molecule has 0 fully saturated rings. The molecule has 0 aliphatic rings. The smallest absolute Gasteiger partial charge is 0.273 e. The van der Waals surface area contributed by atoms with Gasteiger partial charge in [0.2, 0.25) is 5.91 Å². The Labute approximate surface area is 154 Å². The fourth-order valence-electron chi connectivity index (χ4n) is 2.30. The van der Waals surface area contributed by atoms with Crippen molar-refractivity contribution in [3.05, 3.63) is 75.4 Å². The van der Waals surface area contributed by atoms with Crippen molar-refractivity contribution in [1.82, 2.24) is 25.5 Å². The van der Waals surface area contributed by atoms with Crippen molar-refractivity contribution in [2.75, 3.05) is 0 Å². The second-order valence-corrected chi connectivity index (χ2v) is 5.99. The molecule has 1 amide bonds. The number of aromatic nitrogens is 4. The van der Waals surface area contributed by atoms with Crippen molar-refractivity contribution in [2.24, 2.45) is 0 Å². The maximum absolute atomic E-state index is 12.2. The number of aromatic amines is 1. The SMILES string of the molecule is O=C(CCc1nnc(-c2cccc(Cl)c2)[nH]c1=O)NCc1ccccn1. The van der Waals surface area contributed by atoms with Gasteiger partial charge in [0.05, 0.1) is 12.2 Å². The molecule has 7 nitrogen and oxygen atoms in total. The van der Waals surface area contributed by atoms with Gasteiger partial charge in [-0.15, -0.1) is 10.2 Å². The van der Waals surface area contributed by atoms with Gasteiger partial charge in [0.1, 0.15) is 5.69 Å². The largest absolute Gasteiger partial charge is 0.350 e. The lowest BCUT2D eigenvalue weighted by Crippen LogP contribution is -2.25. The van der Waals surface area contributed by atoms with E-state index in [1.54, 1.807) is 30.5 Å². The van der Waals surface area contributed by atoms with Gasteiger partial charge in [-0.2, -0.15) is 0 Å². The van der Waals surface area contributed by atoms with Crippen LogP contribution < -0.4 is 10.9 Å². The lowest BCUT2D eigenvalue weighted by Gasteiger charge is -2.05. The number of hydrogen-bond acceptors (Lipinski definition) is 5. The summed E-state index contributed by atoms with van der Waals surface area (Å²) in [6.45, 7) is 0.343. The molecule has 26 heavy (non-hydrogen) atoms. The van der Waals surface area contributed by atoms with Crippen molar-refractivity contribution in [3.63, 3.8) is 0 Å². The molecule has 8 heteroatoms. The molecule has 2 heterocycles. The monoisotopic (exact) mass is 369 g/mol. The van der Waals surface area contributed by atoms with Gasteiger partial charge in [-0.3, -0.25) is 14.6 Å². The Morgan fingerprint density at radius 3 is 2.77 bits per heavy atom. The van der Waals surface area contributed by atoms with Crippen LogP contribution in [0.15, 0.2) is 53.5 Å². The minimum atomic E-state index is -0.368. The van der Waals surface area contributed by atoms with Gasteiger partial charge in [0.25, 0.3) is 5.56 Å². The highest BCUT2D eigenvalue weighted by atomic mass is 35.5. The molecule has 0 spiro atoms. The van der Waals surface area contributed by atoms with Crippen LogP contribution >= 0.6 is 11.6 Å². The van der Waals surface area contributed by atoms with Crippen LogP contribution in [0.3, 0.4) is 0 Å². The maximum atomic E-state index is 12.2. The van der Waals surface area contributed by atoms with E-state index in [2.05, 4.69) is 25.5 Å². The summed E-state index contributed by atoms with van der Waals surface area (Å²) in [4.78, 5) is 30.9. The summed E-state index contributed by atoms with van der Waals surface area (Å²) in [7, 11) is 0. The number of carbonyl (C=O) groups excluding carboxylic acids is 1. The van der Waals surface area contributed by atoms with E-state index < -0.39 is 0 Å². The average molecular weight is 370 g/mol. The number of halogens is 1. The average Bonchev–Trinajstić information content (AvgIpc) is 2.66. The topological polar surface area (TPSA) is 101 Å². The van der Waals surface area contributed by atoms with Crippen molar-refractivity contribution in [1.29, 1.82) is 0 Å². The summed E-state index contributed by atoms with van der Waals surface area (Å²) in [5.74, 6) is 0.150. The fraction of sp³-hybridized carbons (Fsp3) is 0.167. The predicted octanol–water partition coefficient (Wildman–Crippen LogP) is 2.13. The van der Waals surface area contributed by atoms with Gasteiger partial charge in [-0.05, 0) is 24.3 Å². The van der Waals surface area contributed by atoms with E-state index in [1.165, 1.54) is 0 Å². The van der Waals surface area contributed by atoms with Crippen LogP contribution in [-0.2, 0) is 17.8 Å². The summed E-state index contributed by atoms with van der Waals surface area (Å²) in [5, 5.41) is 11.3. The molecule has 0 radical (unpaired) electrons. The summed E-state index contributed by atoms with van der Waals surface area (Å²) < 4.78 is 0. The van der Waals surface area contributed by atoms with Crippen LogP contribution in [0.5, 0.6) is 0 Å². The molecule has 0 aliphatic carbocycles. The maximum Gasteiger partial charge on any atom is 0.273 e. The van der Waals surface area contributed by atoms with Crippen molar-refractivity contribution in [2.45, 2.75) is 19.4 Å². The standard InChI is InChI=1S/C18H16ClN5O2/c19-13-5-3-4-12(10-13)17-22-18(26)15(23-24-17)7-8-16(25)21-11-14-6-1-2-9-20-14/h1-6,9-10H,7-8,11H2,(H,21,25)(H,22,24,26). The molecule has 0 atom stereocenters. The van der Waals surface area contributed by atoms with Gasteiger partial charge >= 0.3 is 0 Å². The number of benzene rings is 1. The van der Waals surface area contributed by atoms with Gasteiger partial charge in [-0.25, -0.2) is 0 Å². The Hall–Kier alpha value is -3.06. The molecule has 132 valence electrons. The number of H-pyrrole nitrogens is 1. The molecule has 2 aromatic heterocycles. The summed E-state index contributed by atoms with van der Waals surface area (Å²) in [5.41, 5.74) is 1.28. The lowest BCUT2D eigenvalue weighted by atomic mass is 10.2. The molecule has 3 aromatic rings. The van der Waals surface area contributed by atoms with E-state index in [1.807, 2.05) is 18.2 Å². The van der Waals surface area contributed by atoms with Crippen LogP contribution in [0.2, 0.25) is 5.02 Å². The number of aryl methyl sites for hydroxylation is 1. The molecule has 0 unspecified atom stereocenters. The molecular weight excluding hydrogens is 354 g/mol. The molecule has 3 rings (SSSR count). The highest BCUT2D eigenvalue weighted by Crippen LogP contribution is 2.17. The van der Waals surface area contributed by atoms with Gasteiger partial charge in [-0.1, -0.05) is 29.8 Å². The second-order valence-electron chi connectivity index (χ2n) is 5.56. The highest BCUT2D eigenvalue weighted by Gasteiger charge is 2.10. The lowest BCUT2D eigenvalue weighted by molar-refractivity contribution is -0.121. The first kappa shape index (κ1) is 17.8. The Morgan fingerprint density at radius 2 is 2.04 bits per heavy atom. The Bertz CT molecular complexity index is 959. The van der Waals surface area contributed by atoms with E-state index >= 15 is 0 Å². The van der Waals surface area contributed by atoms with Gasteiger partial charge in [0, 0.05) is 29.6 Å². The van der Waals surface area contributed by atoms with E-state index in [9.17, 15) is 9.59 Å². The van der Waals surface area contributed by atoms with E-state index in [0.717, 1.165) is 5.69 Å². The zero-order valence-corrected chi connectivity index (χ0v) is 14.5. The first-order valence-corrected chi connectivity index (χ1v) is 8.38. The number of nitrogens with zero attached hydrogens (tertiary/aromatic N) is 3. The van der Waals surface area contributed by atoms with E-state index in [-0.39, 0.29) is 30.0 Å². The first-order valence-electron chi connectivity index (χ1n) is 8.00. The molecule has 0 saturated heterocycles. The number of rotatable bonds is 6. The van der Waals surface area contributed by atoms with Crippen molar-refractivity contribution in [3.8, 4) is 11.4 Å². The number of hydrogen-bond donors (Lipinski definition) is 2. The molecule has 2 N–H and O–H groups in total. The minimum Gasteiger partial charge on any atom is -0.350 e. The minimum absolute atomic E-state index is 0.140. The third-order valence-corrected chi connectivity index (χ3v) is 3.88. The molecule has 0 saturated carbocycles. The summed E-state index contributed by atoms with van der Waals surface area (Å²) in [6, 6.07) is 12.4. The zero-order chi connectivity index (χ0) is 18.4. The fourth-order valence-corrected chi connectivity index (χ4v) is 2.49. The second kappa shape index (κ2) is 8.35. The molecule has 1 aromatic carbocycles.